The molecule has 0 N–H and O–H groups in total. The van der Waals surface area contributed by atoms with Gasteiger partial charge in [0.1, 0.15) is 0 Å². The minimum Gasteiger partial charge on any atom is -0.124 e. The maximum absolute atomic E-state index is 4.00. The Morgan fingerprint density at radius 1 is 1.38 bits per heavy atom. The molecule has 13 heavy (non-hydrogen) atoms. The second-order valence-corrected chi connectivity index (χ2v) is 2.84. The van der Waals surface area contributed by atoms with Gasteiger partial charge in [-0.1, -0.05) is 37.6 Å². The molecule has 0 unspecified atom stereocenters. The Morgan fingerprint density at radius 2 is 2.00 bits per heavy atom. The minimum absolute atomic E-state index is 0. The van der Waals surface area contributed by atoms with Crippen LogP contribution in [0, 0.1) is 26.2 Å². The topological polar surface area (TPSA) is 0 Å². The highest BCUT2D eigenvalue weighted by Gasteiger charge is 1.97. The Kier molecular flexibility index (Phi) is 5.72. The molecule has 0 spiro atoms. The fraction of sp³-hybridized carbons (Fsp3) is 0.308. The molecule has 71 valence electrons. The zero-order chi connectivity index (χ0) is 10.3. The monoisotopic (exact) mass is 175 g/mol. The summed E-state index contributed by atoms with van der Waals surface area (Å²) in [6, 6.07) is 6.61. The fourth-order valence-corrected chi connectivity index (χ4v) is 1.32. The molecule has 0 heteroatoms. The van der Waals surface area contributed by atoms with E-state index in [-0.39, 0.29) is 1.43 Å². The standard InChI is InChI=1S/C11H15.C2H2.H2/c1-4-10-7-6-9(3)8-11(10)5-2;1-2;/h4,6-8H,5H2,1-3H3;1-2H;1H. The molecule has 1 aromatic carbocycles. The van der Waals surface area contributed by atoms with Crippen LogP contribution in [-0.2, 0) is 6.42 Å². The summed E-state index contributed by atoms with van der Waals surface area (Å²) >= 11 is 0. The highest BCUT2D eigenvalue weighted by Crippen LogP contribution is 2.13. The second kappa shape index (κ2) is 6.31. The van der Waals surface area contributed by atoms with Gasteiger partial charge in [-0.15, -0.1) is 12.8 Å². The van der Waals surface area contributed by atoms with E-state index in [1.165, 1.54) is 16.7 Å². The number of hydrogen-bond acceptors (Lipinski definition) is 0. The van der Waals surface area contributed by atoms with Gasteiger partial charge in [0.2, 0.25) is 0 Å². The fourth-order valence-electron chi connectivity index (χ4n) is 1.32. The predicted molar refractivity (Wildman–Crippen MR) is 61.6 cm³/mol. The number of rotatable bonds is 2. The first-order valence-electron chi connectivity index (χ1n) is 4.50. The lowest BCUT2D eigenvalue weighted by molar-refractivity contribution is 1.10. The number of terminal acetylenes is 1. The molecule has 0 bridgehead atoms. The molecule has 0 saturated carbocycles. The Morgan fingerprint density at radius 3 is 2.46 bits per heavy atom. The third kappa shape index (κ3) is 3.34. The number of aryl methyl sites for hydroxylation is 2. The van der Waals surface area contributed by atoms with Gasteiger partial charge in [-0.25, -0.2) is 0 Å². The van der Waals surface area contributed by atoms with Crippen LogP contribution in [0.1, 0.15) is 32.0 Å². The number of benzene rings is 1. The van der Waals surface area contributed by atoms with Crippen molar-refractivity contribution in [3.05, 3.63) is 41.3 Å². The average Bonchev–Trinajstić information content (AvgIpc) is 2.20. The summed E-state index contributed by atoms with van der Waals surface area (Å²) in [6.45, 7) is 6.42. The first-order valence-corrected chi connectivity index (χ1v) is 4.50. The van der Waals surface area contributed by atoms with Crippen molar-refractivity contribution in [2.75, 3.05) is 0 Å². The van der Waals surface area contributed by atoms with Crippen LogP contribution in [0.15, 0.2) is 18.2 Å². The van der Waals surface area contributed by atoms with Crippen molar-refractivity contribution in [2.45, 2.75) is 27.2 Å². The Hall–Kier alpha value is -1.22. The summed E-state index contributed by atoms with van der Waals surface area (Å²) in [4.78, 5) is 0. The van der Waals surface area contributed by atoms with Gasteiger partial charge in [0, 0.05) is 1.43 Å². The van der Waals surface area contributed by atoms with Crippen LogP contribution >= 0.6 is 0 Å². The predicted octanol–water partition coefficient (Wildman–Crippen LogP) is 3.63. The smallest absolute Gasteiger partial charge is 0 e. The van der Waals surface area contributed by atoms with Gasteiger partial charge in [-0.05, 0) is 30.9 Å². The molecule has 0 aromatic heterocycles. The van der Waals surface area contributed by atoms with Gasteiger partial charge < -0.3 is 0 Å². The third-order valence-corrected chi connectivity index (χ3v) is 1.99. The van der Waals surface area contributed by atoms with E-state index < -0.39 is 0 Å². The van der Waals surface area contributed by atoms with Crippen molar-refractivity contribution in [1.82, 2.24) is 0 Å². The van der Waals surface area contributed by atoms with E-state index in [0.29, 0.717) is 0 Å². The first-order chi connectivity index (χ1) is 6.27. The minimum atomic E-state index is 0. The van der Waals surface area contributed by atoms with E-state index in [1.807, 2.05) is 0 Å². The molecule has 0 saturated heterocycles. The summed E-state index contributed by atoms with van der Waals surface area (Å²) in [6.07, 6.45) is 11.3. The van der Waals surface area contributed by atoms with E-state index in [2.05, 4.69) is 58.2 Å². The largest absolute Gasteiger partial charge is 0.124 e. The van der Waals surface area contributed by atoms with Crippen LogP contribution in [0.2, 0.25) is 0 Å². The maximum Gasteiger partial charge on any atom is 0 e. The van der Waals surface area contributed by atoms with Crippen LogP contribution < -0.4 is 0 Å². The second-order valence-electron chi connectivity index (χ2n) is 2.84. The quantitative estimate of drug-likeness (QED) is 0.602. The van der Waals surface area contributed by atoms with Crippen molar-refractivity contribution in [3.8, 4) is 12.8 Å². The third-order valence-electron chi connectivity index (χ3n) is 1.99. The lowest BCUT2D eigenvalue weighted by Gasteiger charge is -2.05. The summed E-state index contributed by atoms with van der Waals surface area (Å²) < 4.78 is 0. The van der Waals surface area contributed by atoms with Crippen LogP contribution in [0.5, 0.6) is 0 Å². The Balaban J connectivity index is 0. The molecule has 0 heterocycles. The zero-order valence-corrected chi connectivity index (χ0v) is 8.67. The molecule has 1 radical (unpaired) electrons. The molecule has 1 rings (SSSR count). The first kappa shape index (κ1) is 11.8. The van der Waals surface area contributed by atoms with Gasteiger partial charge in [0.25, 0.3) is 0 Å². The van der Waals surface area contributed by atoms with E-state index in [1.54, 1.807) is 0 Å². The van der Waals surface area contributed by atoms with Gasteiger partial charge in [-0.2, -0.15) is 0 Å². The van der Waals surface area contributed by atoms with E-state index in [0.717, 1.165) is 6.42 Å². The van der Waals surface area contributed by atoms with Gasteiger partial charge in [-0.3, -0.25) is 0 Å². The summed E-state index contributed by atoms with van der Waals surface area (Å²) in [7, 11) is 0. The molecular formula is C13H19. The van der Waals surface area contributed by atoms with Crippen molar-refractivity contribution >= 4 is 0 Å². The average molecular weight is 175 g/mol. The van der Waals surface area contributed by atoms with Gasteiger partial charge in [0.15, 0.2) is 0 Å². The van der Waals surface area contributed by atoms with Crippen LogP contribution in [-0.4, -0.2) is 0 Å². The van der Waals surface area contributed by atoms with Crippen molar-refractivity contribution in [3.63, 3.8) is 0 Å². The normalized spacial score (nSPS) is 8.69. The van der Waals surface area contributed by atoms with Crippen molar-refractivity contribution in [2.24, 2.45) is 0 Å². The lowest BCUT2D eigenvalue weighted by Crippen LogP contribution is -1.89. The molecule has 0 amide bonds. The molecule has 1 aromatic rings. The SMILES string of the molecule is C#C.C[CH]c1ccc(C)cc1CC.[HH]. The van der Waals surface area contributed by atoms with E-state index in [4.69, 9.17) is 0 Å². The van der Waals surface area contributed by atoms with Crippen LogP contribution in [0.4, 0.5) is 0 Å². The van der Waals surface area contributed by atoms with Crippen LogP contribution in [0.25, 0.3) is 0 Å². The van der Waals surface area contributed by atoms with Crippen molar-refractivity contribution in [1.29, 1.82) is 0 Å². The maximum atomic E-state index is 4.00. The van der Waals surface area contributed by atoms with Crippen LogP contribution in [0.3, 0.4) is 0 Å². The Bertz CT molecular complexity index is 274. The van der Waals surface area contributed by atoms with Gasteiger partial charge in [0.05, 0.1) is 0 Å². The summed E-state index contributed by atoms with van der Waals surface area (Å²) in [5.74, 6) is 0. The molecule has 0 aliphatic carbocycles. The molecule has 0 aliphatic heterocycles. The number of hydrogen-bond donors (Lipinski definition) is 0. The van der Waals surface area contributed by atoms with Crippen molar-refractivity contribution < 1.29 is 1.43 Å². The summed E-state index contributed by atoms with van der Waals surface area (Å²) in [5.41, 5.74) is 4.18. The summed E-state index contributed by atoms with van der Waals surface area (Å²) in [5, 5.41) is 0. The highest BCUT2D eigenvalue weighted by atomic mass is 14.0. The molecule has 0 nitrogen and oxygen atoms in total. The molecule has 0 aliphatic rings. The van der Waals surface area contributed by atoms with E-state index in [9.17, 15) is 0 Å². The zero-order valence-electron chi connectivity index (χ0n) is 8.67. The highest BCUT2D eigenvalue weighted by molar-refractivity contribution is 5.35. The molecule has 0 atom stereocenters. The lowest BCUT2D eigenvalue weighted by atomic mass is 10.0. The molecule has 0 fully saturated rings. The van der Waals surface area contributed by atoms with E-state index >= 15 is 0 Å². The van der Waals surface area contributed by atoms with Gasteiger partial charge >= 0.3 is 0 Å². The molecular weight excluding hydrogens is 156 g/mol. The Labute approximate surface area is 83.5 Å².